The SMILES string of the molecule is O=C[C@@H](O)CN1CCN(CCC2COc3cc(Oc4ccc(-c5ccn[nH]5)cn4)ccc32)CC1. The lowest BCUT2D eigenvalue weighted by molar-refractivity contribution is -0.115. The number of rotatable bonds is 9. The molecule has 0 radical (unpaired) electrons. The van der Waals surface area contributed by atoms with Gasteiger partial charge in [0.1, 0.15) is 23.9 Å². The van der Waals surface area contributed by atoms with Crippen LogP contribution in [0.2, 0.25) is 0 Å². The molecule has 2 aliphatic heterocycles. The molecule has 178 valence electrons. The summed E-state index contributed by atoms with van der Waals surface area (Å²) in [5.74, 6) is 2.47. The maximum absolute atomic E-state index is 10.6. The van der Waals surface area contributed by atoms with E-state index in [1.165, 1.54) is 5.56 Å². The highest BCUT2D eigenvalue weighted by atomic mass is 16.5. The lowest BCUT2D eigenvalue weighted by atomic mass is 9.97. The minimum absolute atomic E-state index is 0.366. The molecule has 9 heteroatoms. The third kappa shape index (κ3) is 5.27. The molecule has 3 aromatic rings. The van der Waals surface area contributed by atoms with E-state index in [9.17, 15) is 9.90 Å². The largest absolute Gasteiger partial charge is 0.493 e. The summed E-state index contributed by atoms with van der Waals surface area (Å²) in [5.41, 5.74) is 3.09. The van der Waals surface area contributed by atoms with Gasteiger partial charge in [0.15, 0.2) is 0 Å². The number of aromatic amines is 1. The van der Waals surface area contributed by atoms with Crippen molar-refractivity contribution in [1.29, 1.82) is 0 Å². The number of aldehydes is 1. The number of aliphatic hydroxyl groups excluding tert-OH is 1. The number of ether oxygens (including phenoxy) is 2. The minimum Gasteiger partial charge on any atom is -0.493 e. The molecule has 1 saturated heterocycles. The Morgan fingerprint density at radius 3 is 2.76 bits per heavy atom. The number of piperazine rings is 1. The van der Waals surface area contributed by atoms with Gasteiger partial charge >= 0.3 is 0 Å². The fraction of sp³-hybridized carbons (Fsp3) is 0.400. The monoisotopic (exact) mass is 463 g/mol. The van der Waals surface area contributed by atoms with E-state index in [4.69, 9.17) is 9.47 Å². The van der Waals surface area contributed by atoms with Crippen molar-refractivity contribution < 1.29 is 19.4 Å². The highest BCUT2D eigenvalue weighted by molar-refractivity contribution is 5.57. The molecule has 1 unspecified atom stereocenters. The molecule has 2 aromatic heterocycles. The molecule has 2 aliphatic rings. The van der Waals surface area contributed by atoms with Crippen LogP contribution in [0.1, 0.15) is 17.9 Å². The first kappa shape index (κ1) is 22.5. The number of carbonyl (C=O) groups is 1. The molecule has 1 aromatic carbocycles. The van der Waals surface area contributed by atoms with Crippen LogP contribution in [0.15, 0.2) is 48.8 Å². The van der Waals surface area contributed by atoms with Crippen LogP contribution in [0.25, 0.3) is 11.3 Å². The number of hydrogen-bond acceptors (Lipinski definition) is 8. The molecular weight excluding hydrogens is 434 g/mol. The number of benzene rings is 1. The number of nitrogens with zero attached hydrogens (tertiary/aromatic N) is 4. The second-order valence-corrected chi connectivity index (χ2v) is 8.80. The van der Waals surface area contributed by atoms with Gasteiger partial charge in [-0.15, -0.1) is 0 Å². The second kappa shape index (κ2) is 10.3. The summed E-state index contributed by atoms with van der Waals surface area (Å²) in [6.07, 6.45) is 4.22. The zero-order chi connectivity index (χ0) is 23.3. The van der Waals surface area contributed by atoms with Crippen molar-refractivity contribution in [3.8, 4) is 28.6 Å². The van der Waals surface area contributed by atoms with E-state index >= 15 is 0 Å². The van der Waals surface area contributed by atoms with Crippen molar-refractivity contribution in [2.45, 2.75) is 18.4 Å². The first-order valence-electron chi connectivity index (χ1n) is 11.7. The minimum atomic E-state index is -0.885. The fourth-order valence-electron chi connectivity index (χ4n) is 4.54. The molecule has 34 heavy (non-hydrogen) atoms. The van der Waals surface area contributed by atoms with Crippen LogP contribution in [0.4, 0.5) is 0 Å². The Kier molecular flexibility index (Phi) is 6.84. The lowest BCUT2D eigenvalue weighted by Crippen LogP contribution is -2.49. The predicted octanol–water partition coefficient (Wildman–Crippen LogP) is 2.31. The molecule has 0 spiro atoms. The van der Waals surface area contributed by atoms with Gasteiger partial charge in [-0.2, -0.15) is 5.10 Å². The van der Waals surface area contributed by atoms with Gasteiger partial charge in [-0.05, 0) is 31.2 Å². The number of pyridine rings is 1. The number of hydrogen-bond donors (Lipinski definition) is 2. The predicted molar refractivity (Wildman–Crippen MR) is 126 cm³/mol. The van der Waals surface area contributed by atoms with Gasteiger partial charge in [-0.3, -0.25) is 10.00 Å². The van der Waals surface area contributed by atoms with Gasteiger partial charge in [0.2, 0.25) is 5.88 Å². The highest BCUT2D eigenvalue weighted by Crippen LogP contribution is 2.39. The first-order valence-corrected chi connectivity index (χ1v) is 11.7. The average molecular weight is 464 g/mol. The zero-order valence-electron chi connectivity index (χ0n) is 19.0. The molecule has 9 nitrogen and oxygen atoms in total. The number of fused-ring (bicyclic) bond motifs is 1. The Bertz CT molecular complexity index is 1080. The standard InChI is InChI=1S/C25H29N5O4/c31-16-20(32)15-30-11-9-29(10-12-30)8-6-19-17-33-24-13-21(2-3-22(19)24)34-25-4-1-18(14-26-25)23-5-7-27-28-23/h1-5,7,13-14,16,19-20,32H,6,8-12,15,17H2,(H,27,28)/t19?,20-/m0/s1. The number of aromatic nitrogens is 3. The van der Waals surface area contributed by atoms with E-state index in [0.29, 0.717) is 37.0 Å². The molecule has 2 atom stereocenters. The van der Waals surface area contributed by atoms with Crippen LogP contribution in [-0.4, -0.2) is 88.4 Å². The number of aliphatic hydroxyl groups is 1. The Hall–Kier alpha value is -3.27. The molecule has 0 amide bonds. The van der Waals surface area contributed by atoms with E-state index in [2.05, 4.69) is 31.0 Å². The zero-order valence-corrected chi connectivity index (χ0v) is 19.0. The normalized spacial score (nSPS) is 19.4. The van der Waals surface area contributed by atoms with Crippen LogP contribution in [0.3, 0.4) is 0 Å². The number of β-amino-alcohol motifs (C(OH)–C–C–N with tert-alkyl or cyclic N) is 1. The Labute approximate surface area is 198 Å². The van der Waals surface area contributed by atoms with Crippen LogP contribution >= 0.6 is 0 Å². The number of H-pyrrole nitrogens is 1. The van der Waals surface area contributed by atoms with E-state index in [1.807, 2.05) is 30.3 Å². The van der Waals surface area contributed by atoms with Crippen LogP contribution in [0, 0.1) is 0 Å². The van der Waals surface area contributed by atoms with Crippen molar-refractivity contribution >= 4 is 6.29 Å². The first-order chi connectivity index (χ1) is 16.7. The maximum atomic E-state index is 10.6. The lowest BCUT2D eigenvalue weighted by Gasteiger charge is -2.35. The Morgan fingerprint density at radius 1 is 1.18 bits per heavy atom. The fourth-order valence-corrected chi connectivity index (χ4v) is 4.54. The molecule has 1 fully saturated rings. The van der Waals surface area contributed by atoms with Gasteiger partial charge in [-0.25, -0.2) is 4.98 Å². The van der Waals surface area contributed by atoms with Crippen LogP contribution in [0.5, 0.6) is 17.4 Å². The summed E-state index contributed by atoms with van der Waals surface area (Å²) in [6, 6.07) is 11.7. The average Bonchev–Trinajstić information content (AvgIpc) is 3.54. The molecule has 0 saturated carbocycles. The quantitative estimate of drug-likeness (QED) is 0.466. The summed E-state index contributed by atoms with van der Waals surface area (Å²) in [4.78, 5) is 19.6. The van der Waals surface area contributed by atoms with Crippen molar-refractivity contribution in [3.05, 3.63) is 54.4 Å². The number of carbonyl (C=O) groups excluding carboxylic acids is 1. The van der Waals surface area contributed by atoms with E-state index in [-0.39, 0.29) is 0 Å². The molecule has 0 bridgehead atoms. The summed E-state index contributed by atoms with van der Waals surface area (Å²) in [7, 11) is 0. The molecule has 4 heterocycles. The van der Waals surface area contributed by atoms with E-state index in [0.717, 1.165) is 56.2 Å². The van der Waals surface area contributed by atoms with Gasteiger partial charge in [0, 0.05) is 74.3 Å². The summed E-state index contributed by atoms with van der Waals surface area (Å²) in [5, 5.41) is 16.4. The van der Waals surface area contributed by atoms with Crippen molar-refractivity contribution in [2.75, 3.05) is 45.9 Å². The third-order valence-corrected chi connectivity index (χ3v) is 6.50. The maximum Gasteiger partial charge on any atom is 0.219 e. The van der Waals surface area contributed by atoms with Crippen LogP contribution in [-0.2, 0) is 4.79 Å². The second-order valence-electron chi connectivity index (χ2n) is 8.80. The summed E-state index contributed by atoms with van der Waals surface area (Å²) < 4.78 is 11.9. The van der Waals surface area contributed by atoms with E-state index in [1.54, 1.807) is 12.4 Å². The van der Waals surface area contributed by atoms with Crippen molar-refractivity contribution in [3.63, 3.8) is 0 Å². The summed E-state index contributed by atoms with van der Waals surface area (Å²) in [6.45, 7) is 5.76. The topological polar surface area (TPSA) is 104 Å². The molecule has 0 aliphatic carbocycles. The Balaban J connectivity index is 1.12. The molecule has 5 rings (SSSR count). The smallest absolute Gasteiger partial charge is 0.219 e. The van der Waals surface area contributed by atoms with Crippen molar-refractivity contribution in [2.24, 2.45) is 0 Å². The van der Waals surface area contributed by atoms with Crippen LogP contribution < -0.4 is 9.47 Å². The van der Waals surface area contributed by atoms with Gasteiger partial charge < -0.3 is 24.3 Å². The number of nitrogens with one attached hydrogen (secondary N) is 1. The van der Waals surface area contributed by atoms with Gasteiger partial charge in [-0.1, -0.05) is 6.07 Å². The molecular formula is C25H29N5O4. The van der Waals surface area contributed by atoms with Gasteiger partial charge in [0.05, 0.1) is 12.3 Å². The van der Waals surface area contributed by atoms with Gasteiger partial charge in [0.25, 0.3) is 0 Å². The third-order valence-electron chi connectivity index (χ3n) is 6.50. The van der Waals surface area contributed by atoms with Crippen molar-refractivity contribution in [1.82, 2.24) is 25.0 Å². The Morgan fingerprint density at radius 2 is 2.03 bits per heavy atom. The highest BCUT2D eigenvalue weighted by Gasteiger charge is 2.26. The van der Waals surface area contributed by atoms with E-state index < -0.39 is 6.10 Å². The summed E-state index contributed by atoms with van der Waals surface area (Å²) >= 11 is 0. The molecule has 2 N–H and O–H groups in total.